The van der Waals surface area contributed by atoms with E-state index < -0.39 is 11.4 Å². The molecule has 1 spiro atoms. The first kappa shape index (κ1) is 13.9. The van der Waals surface area contributed by atoms with Crippen molar-refractivity contribution in [3.63, 3.8) is 0 Å². The number of nitrogens with zero attached hydrogens (tertiary/aromatic N) is 1. The Hall–Kier alpha value is -1.04. The Morgan fingerprint density at radius 3 is 2.60 bits per heavy atom. The maximum absolute atomic E-state index is 12.7. The average molecular weight is 296 g/mol. The van der Waals surface area contributed by atoms with E-state index in [0.717, 1.165) is 31.4 Å². The molecular formula is C14H20N2O3S. The van der Waals surface area contributed by atoms with Crippen LogP contribution in [0.3, 0.4) is 0 Å². The highest BCUT2D eigenvalue weighted by Gasteiger charge is 2.59. The van der Waals surface area contributed by atoms with Gasteiger partial charge in [0.15, 0.2) is 0 Å². The second kappa shape index (κ2) is 5.06. The Labute approximate surface area is 122 Å². The number of carbonyl (C=O) groups is 3. The van der Waals surface area contributed by atoms with Gasteiger partial charge in [-0.25, -0.2) is 4.79 Å². The average Bonchev–Trinajstić information content (AvgIpc) is 2.75. The minimum atomic E-state index is -0.933. The third-order valence-corrected chi connectivity index (χ3v) is 6.15. The van der Waals surface area contributed by atoms with Crippen molar-refractivity contribution >= 4 is 29.6 Å². The van der Waals surface area contributed by atoms with Gasteiger partial charge in [-0.15, -0.1) is 0 Å². The van der Waals surface area contributed by atoms with Gasteiger partial charge in [0, 0.05) is 5.25 Å². The summed E-state index contributed by atoms with van der Waals surface area (Å²) in [6.45, 7) is 2.09. The zero-order valence-electron chi connectivity index (χ0n) is 11.7. The molecule has 2 saturated carbocycles. The van der Waals surface area contributed by atoms with E-state index in [1.807, 2.05) is 11.8 Å². The van der Waals surface area contributed by atoms with Crippen LogP contribution in [-0.4, -0.2) is 39.8 Å². The molecule has 0 aromatic heterocycles. The van der Waals surface area contributed by atoms with Crippen LogP contribution in [0.15, 0.2) is 0 Å². The van der Waals surface area contributed by atoms with Crippen LogP contribution in [0, 0.1) is 5.41 Å². The highest BCUT2D eigenvalue weighted by Crippen LogP contribution is 2.46. The molecule has 1 N–H and O–H groups in total. The molecule has 0 radical (unpaired) electrons. The fraction of sp³-hybridized carbons (Fsp3) is 0.786. The summed E-state index contributed by atoms with van der Waals surface area (Å²) in [5.41, 5.74) is -0.933. The van der Waals surface area contributed by atoms with Gasteiger partial charge in [-0.2, -0.15) is 11.8 Å². The quantitative estimate of drug-likeness (QED) is 0.808. The first-order chi connectivity index (χ1) is 9.60. The van der Waals surface area contributed by atoms with Crippen molar-refractivity contribution in [3.05, 3.63) is 0 Å². The molecule has 2 aliphatic carbocycles. The Morgan fingerprint density at radius 1 is 1.25 bits per heavy atom. The van der Waals surface area contributed by atoms with Crippen molar-refractivity contribution in [1.29, 1.82) is 0 Å². The summed E-state index contributed by atoms with van der Waals surface area (Å²) in [5.74, 6) is 0.355. The highest BCUT2D eigenvalue weighted by atomic mass is 32.2. The fourth-order valence-corrected chi connectivity index (χ4v) is 4.82. The van der Waals surface area contributed by atoms with E-state index in [1.54, 1.807) is 0 Å². The number of hydrogen-bond acceptors (Lipinski definition) is 4. The van der Waals surface area contributed by atoms with Crippen molar-refractivity contribution in [1.82, 2.24) is 10.2 Å². The van der Waals surface area contributed by atoms with Gasteiger partial charge in [-0.3, -0.25) is 19.8 Å². The summed E-state index contributed by atoms with van der Waals surface area (Å²) in [7, 11) is 0. The molecule has 1 saturated heterocycles. The van der Waals surface area contributed by atoms with Crippen LogP contribution >= 0.6 is 11.8 Å². The number of nitrogens with one attached hydrogen (secondary N) is 1. The Bertz CT molecular complexity index is 461. The molecular weight excluding hydrogens is 276 g/mol. The summed E-state index contributed by atoms with van der Waals surface area (Å²) < 4.78 is 0. The number of barbiturate groups is 1. The fourth-order valence-electron chi connectivity index (χ4n) is 3.58. The SMILES string of the molecule is CCSC1CCCC1N1C(=O)NC(=O)C2(CCC2)C1=O. The van der Waals surface area contributed by atoms with Gasteiger partial charge in [-0.05, 0) is 31.4 Å². The maximum atomic E-state index is 12.7. The lowest BCUT2D eigenvalue weighted by Crippen LogP contribution is -2.68. The first-order valence-electron chi connectivity index (χ1n) is 7.41. The van der Waals surface area contributed by atoms with Crippen LogP contribution < -0.4 is 5.32 Å². The van der Waals surface area contributed by atoms with Gasteiger partial charge in [0.1, 0.15) is 5.41 Å². The van der Waals surface area contributed by atoms with E-state index in [2.05, 4.69) is 12.2 Å². The van der Waals surface area contributed by atoms with E-state index >= 15 is 0 Å². The molecule has 20 heavy (non-hydrogen) atoms. The van der Waals surface area contributed by atoms with E-state index in [-0.39, 0.29) is 17.9 Å². The van der Waals surface area contributed by atoms with Crippen molar-refractivity contribution in [2.75, 3.05) is 5.75 Å². The summed E-state index contributed by atoms with van der Waals surface area (Å²) in [5, 5.41) is 2.73. The molecule has 5 nitrogen and oxygen atoms in total. The monoisotopic (exact) mass is 296 g/mol. The Kier molecular flexibility index (Phi) is 3.52. The standard InChI is InChI=1S/C14H20N2O3S/c1-2-20-10-6-3-5-9(10)16-12(18)14(7-4-8-14)11(17)15-13(16)19/h9-10H,2-8H2,1H3,(H,15,17,19). The Balaban J connectivity index is 1.86. The van der Waals surface area contributed by atoms with Crippen molar-refractivity contribution in [2.45, 2.75) is 56.7 Å². The number of hydrogen-bond donors (Lipinski definition) is 1. The van der Waals surface area contributed by atoms with E-state index in [0.29, 0.717) is 18.1 Å². The van der Waals surface area contributed by atoms with Crippen molar-refractivity contribution < 1.29 is 14.4 Å². The molecule has 1 heterocycles. The van der Waals surface area contributed by atoms with E-state index in [9.17, 15) is 14.4 Å². The number of thioether (sulfide) groups is 1. The summed E-state index contributed by atoms with van der Waals surface area (Å²) in [6.07, 6.45) is 5.00. The lowest BCUT2D eigenvalue weighted by atomic mass is 9.66. The van der Waals surface area contributed by atoms with Gasteiger partial charge in [0.2, 0.25) is 11.8 Å². The topological polar surface area (TPSA) is 66.5 Å². The molecule has 4 amide bonds. The van der Waals surface area contributed by atoms with Gasteiger partial charge in [0.25, 0.3) is 0 Å². The van der Waals surface area contributed by atoms with Crippen LogP contribution in [0.5, 0.6) is 0 Å². The number of amides is 4. The largest absolute Gasteiger partial charge is 0.331 e. The van der Waals surface area contributed by atoms with E-state index in [1.165, 1.54) is 4.90 Å². The molecule has 3 rings (SSSR count). The molecule has 3 fully saturated rings. The van der Waals surface area contributed by atoms with Gasteiger partial charge < -0.3 is 0 Å². The van der Waals surface area contributed by atoms with Crippen LogP contribution in [0.2, 0.25) is 0 Å². The number of urea groups is 1. The molecule has 1 aliphatic heterocycles. The molecule has 0 aromatic rings. The summed E-state index contributed by atoms with van der Waals surface area (Å²) in [4.78, 5) is 38.2. The number of carbonyl (C=O) groups excluding carboxylic acids is 3. The van der Waals surface area contributed by atoms with Crippen molar-refractivity contribution in [3.8, 4) is 0 Å². The molecule has 3 aliphatic rings. The van der Waals surface area contributed by atoms with Gasteiger partial charge >= 0.3 is 6.03 Å². The maximum Gasteiger partial charge on any atom is 0.331 e. The summed E-state index contributed by atoms with van der Waals surface area (Å²) in [6, 6.07) is -0.552. The van der Waals surface area contributed by atoms with Crippen LogP contribution in [-0.2, 0) is 9.59 Å². The number of imide groups is 2. The van der Waals surface area contributed by atoms with Gasteiger partial charge in [0.05, 0.1) is 6.04 Å². The molecule has 110 valence electrons. The molecule has 0 bridgehead atoms. The minimum absolute atomic E-state index is 0.0435. The van der Waals surface area contributed by atoms with Crippen molar-refractivity contribution in [2.24, 2.45) is 5.41 Å². The van der Waals surface area contributed by atoms with Crippen LogP contribution in [0.1, 0.15) is 45.4 Å². The second-order valence-electron chi connectivity index (χ2n) is 5.86. The number of rotatable bonds is 3. The molecule has 2 unspecified atom stereocenters. The third-order valence-electron chi connectivity index (χ3n) is 4.84. The second-order valence-corrected chi connectivity index (χ2v) is 7.38. The summed E-state index contributed by atoms with van der Waals surface area (Å²) >= 11 is 1.81. The lowest BCUT2D eigenvalue weighted by Gasteiger charge is -2.46. The first-order valence-corrected chi connectivity index (χ1v) is 8.45. The zero-order chi connectivity index (χ0) is 14.3. The van der Waals surface area contributed by atoms with Crippen LogP contribution in [0.25, 0.3) is 0 Å². The molecule has 6 heteroatoms. The molecule has 0 aromatic carbocycles. The third kappa shape index (κ3) is 1.88. The van der Waals surface area contributed by atoms with Gasteiger partial charge in [-0.1, -0.05) is 19.8 Å². The van der Waals surface area contributed by atoms with E-state index in [4.69, 9.17) is 0 Å². The predicted molar refractivity (Wildman–Crippen MR) is 76.2 cm³/mol. The molecule has 2 atom stereocenters. The predicted octanol–water partition coefficient (Wildman–Crippen LogP) is 1.91. The lowest BCUT2D eigenvalue weighted by molar-refractivity contribution is -0.159. The Morgan fingerprint density at radius 2 is 2.00 bits per heavy atom. The minimum Gasteiger partial charge on any atom is -0.277 e. The smallest absolute Gasteiger partial charge is 0.277 e. The van der Waals surface area contributed by atoms with Crippen LogP contribution in [0.4, 0.5) is 4.79 Å². The highest BCUT2D eigenvalue weighted by molar-refractivity contribution is 7.99. The zero-order valence-corrected chi connectivity index (χ0v) is 12.5. The normalized spacial score (nSPS) is 32.5.